The van der Waals surface area contributed by atoms with Crippen LogP contribution in [-0.4, -0.2) is 40.6 Å². The van der Waals surface area contributed by atoms with E-state index in [0.717, 1.165) is 25.2 Å². The minimum atomic E-state index is 0.0345. The topological polar surface area (TPSA) is 101 Å². The SMILES string of the molecule is CCOc1ccc(N=C2OC(=Cc3sc(=S)n(C[C@H]4CCCO4)c3O)N=C2C#N)cc1. The summed E-state index contributed by atoms with van der Waals surface area (Å²) >= 11 is 6.64. The second-order valence-electron chi connectivity index (χ2n) is 6.80. The number of aromatic hydroxyl groups is 1. The molecule has 0 spiro atoms. The highest BCUT2D eigenvalue weighted by atomic mass is 32.1. The lowest BCUT2D eigenvalue weighted by Crippen LogP contribution is -2.14. The van der Waals surface area contributed by atoms with Crippen molar-refractivity contribution >= 4 is 46.9 Å². The molecule has 1 fully saturated rings. The Morgan fingerprint density at radius 2 is 2.26 bits per heavy atom. The molecule has 0 aliphatic carbocycles. The Morgan fingerprint density at radius 1 is 1.45 bits per heavy atom. The van der Waals surface area contributed by atoms with Crippen LogP contribution in [0.15, 0.2) is 40.1 Å². The smallest absolute Gasteiger partial charge is 0.258 e. The number of rotatable bonds is 6. The number of hydrogen-bond donors (Lipinski definition) is 1. The molecule has 160 valence electrons. The van der Waals surface area contributed by atoms with Crippen molar-refractivity contribution in [3.63, 3.8) is 0 Å². The largest absolute Gasteiger partial charge is 0.494 e. The number of thiazole rings is 1. The molecule has 0 bridgehead atoms. The summed E-state index contributed by atoms with van der Waals surface area (Å²) in [5.41, 5.74) is 0.658. The van der Waals surface area contributed by atoms with Crippen LogP contribution in [0.5, 0.6) is 11.6 Å². The van der Waals surface area contributed by atoms with Gasteiger partial charge in [-0.25, -0.2) is 4.99 Å². The summed E-state index contributed by atoms with van der Waals surface area (Å²) in [6.45, 7) is 3.72. The molecule has 2 aliphatic rings. The summed E-state index contributed by atoms with van der Waals surface area (Å²) in [6, 6.07) is 9.10. The number of nitrogens with zero attached hydrogens (tertiary/aromatic N) is 4. The molecular formula is C21H20N4O4S2. The molecule has 8 nitrogen and oxygen atoms in total. The van der Waals surface area contributed by atoms with Gasteiger partial charge >= 0.3 is 0 Å². The summed E-state index contributed by atoms with van der Waals surface area (Å²) in [7, 11) is 0. The van der Waals surface area contributed by atoms with Crippen LogP contribution in [0.3, 0.4) is 0 Å². The van der Waals surface area contributed by atoms with Crippen LogP contribution in [0, 0.1) is 15.3 Å². The molecule has 2 aromatic rings. The van der Waals surface area contributed by atoms with E-state index in [9.17, 15) is 10.4 Å². The maximum Gasteiger partial charge on any atom is 0.258 e. The first-order valence-electron chi connectivity index (χ1n) is 9.82. The highest BCUT2D eigenvalue weighted by molar-refractivity contribution is 7.73. The fraction of sp³-hybridized carbons (Fsp3) is 0.333. The Morgan fingerprint density at radius 3 is 2.94 bits per heavy atom. The van der Waals surface area contributed by atoms with E-state index in [1.807, 2.05) is 13.0 Å². The van der Waals surface area contributed by atoms with Gasteiger partial charge in [-0.1, -0.05) is 0 Å². The van der Waals surface area contributed by atoms with Crippen LogP contribution in [0.2, 0.25) is 0 Å². The van der Waals surface area contributed by atoms with E-state index in [0.29, 0.717) is 27.7 Å². The predicted octanol–water partition coefficient (Wildman–Crippen LogP) is 4.59. The number of benzene rings is 1. The van der Waals surface area contributed by atoms with Crippen molar-refractivity contribution in [1.82, 2.24) is 4.57 Å². The van der Waals surface area contributed by atoms with Crippen LogP contribution in [0.4, 0.5) is 5.69 Å². The van der Waals surface area contributed by atoms with Crippen LogP contribution < -0.4 is 4.74 Å². The fourth-order valence-corrected chi connectivity index (χ4v) is 4.46. The van der Waals surface area contributed by atoms with Crippen LogP contribution in [-0.2, 0) is 16.0 Å². The molecule has 0 saturated carbocycles. The first kappa shape index (κ1) is 21.2. The molecule has 4 rings (SSSR count). The molecule has 2 aliphatic heterocycles. The van der Waals surface area contributed by atoms with Gasteiger partial charge in [0.25, 0.3) is 5.90 Å². The van der Waals surface area contributed by atoms with Crippen LogP contribution in [0.1, 0.15) is 24.6 Å². The van der Waals surface area contributed by atoms with Crippen LogP contribution >= 0.6 is 23.6 Å². The van der Waals surface area contributed by atoms with Gasteiger partial charge in [-0.3, -0.25) is 4.57 Å². The van der Waals surface area contributed by atoms with Gasteiger partial charge in [-0.15, -0.1) is 11.3 Å². The third-order valence-electron chi connectivity index (χ3n) is 4.67. The van der Waals surface area contributed by atoms with Gasteiger partial charge in [0.15, 0.2) is 3.95 Å². The summed E-state index contributed by atoms with van der Waals surface area (Å²) in [5.74, 6) is 1.03. The van der Waals surface area contributed by atoms with Gasteiger partial charge < -0.3 is 19.3 Å². The average Bonchev–Trinajstić information content (AvgIpc) is 3.47. The second-order valence-corrected chi connectivity index (χ2v) is 8.48. The molecule has 1 N–H and O–H groups in total. The van der Waals surface area contributed by atoms with Gasteiger partial charge in [0, 0.05) is 12.7 Å². The van der Waals surface area contributed by atoms with Gasteiger partial charge in [0.2, 0.25) is 17.5 Å². The lowest BCUT2D eigenvalue weighted by atomic mass is 10.2. The second kappa shape index (κ2) is 9.43. The Labute approximate surface area is 188 Å². The highest BCUT2D eigenvalue weighted by Crippen LogP contribution is 2.31. The lowest BCUT2D eigenvalue weighted by Gasteiger charge is -2.10. The van der Waals surface area contributed by atoms with Gasteiger partial charge in [-0.2, -0.15) is 10.3 Å². The number of ether oxygens (including phenoxy) is 3. The maximum atomic E-state index is 10.6. The van der Waals surface area contributed by atoms with E-state index in [-0.39, 0.29) is 29.5 Å². The van der Waals surface area contributed by atoms with Crippen molar-refractivity contribution in [2.75, 3.05) is 13.2 Å². The molecule has 3 heterocycles. The maximum absolute atomic E-state index is 10.6. The molecule has 31 heavy (non-hydrogen) atoms. The van der Waals surface area contributed by atoms with E-state index in [2.05, 4.69) is 9.98 Å². The fourth-order valence-electron chi connectivity index (χ4n) is 3.21. The standard InChI is InChI=1S/C21H20N4O4S2/c1-2-27-14-7-5-13(6-8-14)23-19-16(11-22)24-18(29-19)10-17-20(26)25(21(30)31-17)12-15-4-3-9-28-15/h5-8,10,15,26H,2-4,9,12H2,1H3/t15-/m1/s1. The Balaban J connectivity index is 1.55. The molecule has 1 saturated heterocycles. The number of aromatic nitrogens is 1. The highest BCUT2D eigenvalue weighted by Gasteiger charge is 2.24. The summed E-state index contributed by atoms with van der Waals surface area (Å²) in [4.78, 5) is 9.04. The van der Waals surface area contributed by atoms with Crippen LogP contribution in [0.25, 0.3) is 6.08 Å². The van der Waals surface area contributed by atoms with E-state index in [1.54, 1.807) is 34.9 Å². The first-order valence-corrected chi connectivity index (χ1v) is 11.0. The number of hydrogen-bond acceptors (Lipinski definition) is 9. The summed E-state index contributed by atoms with van der Waals surface area (Å²) in [5, 5.41) is 20.0. The predicted molar refractivity (Wildman–Crippen MR) is 121 cm³/mol. The van der Waals surface area contributed by atoms with Gasteiger partial charge in [0.05, 0.1) is 29.8 Å². The van der Waals surface area contributed by atoms with E-state index < -0.39 is 0 Å². The van der Waals surface area contributed by atoms with E-state index in [1.165, 1.54) is 11.3 Å². The number of nitriles is 1. The third kappa shape index (κ3) is 4.85. The monoisotopic (exact) mass is 456 g/mol. The minimum absolute atomic E-state index is 0.0345. The van der Waals surface area contributed by atoms with Crippen molar-refractivity contribution in [3.8, 4) is 17.7 Å². The molecular weight excluding hydrogens is 436 g/mol. The molecule has 1 atom stereocenters. The zero-order chi connectivity index (χ0) is 21.8. The molecule has 0 amide bonds. The summed E-state index contributed by atoms with van der Waals surface area (Å²) in [6.07, 6.45) is 3.56. The molecule has 1 aromatic heterocycles. The molecule has 0 unspecified atom stereocenters. The normalized spacial score (nSPS) is 20.6. The first-order chi connectivity index (χ1) is 15.1. The van der Waals surface area contributed by atoms with E-state index in [4.69, 9.17) is 26.4 Å². The van der Waals surface area contributed by atoms with E-state index >= 15 is 0 Å². The molecule has 1 aromatic carbocycles. The lowest BCUT2D eigenvalue weighted by molar-refractivity contribution is 0.0948. The zero-order valence-corrected chi connectivity index (χ0v) is 18.4. The van der Waals surface area contributed by atoms with Crippen molar-refractivity contribution in [1.29, 1.82) is 5.26 Å². The Bertz CT molecular complexity index is 1150. The average molecular weight is 457 g/mol. The van der Waals surface area contributed by atoms with Crippen molar-refractivity contribution in [3.05, 3.63) is 39.0 Å². The number of aliphatic imine (C=N–C) groups is 2. The zero-order valence-electron chi connectivity index (χ0n) is 16.8. The van der Waals surface area contributed by atoms with Gasteiger partial charge in [-0.05, 0) is 56.2 Å². The van der Waals surface area contributed by atoms with Crippen molar-refractivity contribution in [2.45, 2.75) is 32.4 Å². The minimum Gasteiger partial charge on any atom is -0.494 e. The molecule has 10 heteroatoms. The van der Waals surface area contributed by atoms with Crippen molar-refractivity contribution < 1.29 is 19.3 Å². The molecule has 0 radical (unpaired) electrons. The van der Waals surface area contributed by atoms with Crippen molar-refractivity contribution in [2.24, 2.45) is 9.98 Å². The quantitative estimate of drug-likeness (QED) is 0.638. The Kier molecular flexibility index (Phi) is 6.46. The van der Waals surface area contributed by atoms with Gasteiger partial charge in [0.1, 0.15) is 11.8 Å². The third-order valence-corrected chi connectivity index (χ3v) is 6.05. The summed E-state index contributed by atoms with van der Waals surface area (Å²) < 4.78 is 18.9. The Hall–Kier alpha value is -3.00.